The second kappa shape index (κ2) is 6.29. The fraction of sp³-hybridized carbons (Fsp3) is 0.692. The average molecular weight is 268 g/mol. The third-order valence-corrected chi connectivity index (χ3v) is 4.24. The zero-order valence-electron chi connectivity index (χ0n) is 11.0. The van der Waals surface area contributed by atoms with Crippen LogP contribution in [0.25, 0.3) is 0 Å². The van der Waals surface area contributed by atoms with E-state index in [1.165, 1.54) is 0 Å². The second-order valence-corrected chi connectivity index (χ2v) is 5.63. The number of thiazole rings is 1. The van der Waals surface area contributed by atoms with E-state index in [1.54, 1.807) is 17.5 Å². The molecule has 1 aromatic rings. The van der Waals surface area contributed by atoms with Gasteiger partial charge in [-0.25, -0.2) is 4.98 Å². The molecule has 4 nitrogen and oxygen atoms in total. The van der Waals surface area contributed by atoms with E-state index in [0.717, 1.165) is 30.9 Å². The molecule has 0 radical (unpaired) electrons. The molecule has 0 aromatic carbocycles. The predicted octanol–water partition coefficient (Wildman–Crippen LogP) is 1.96. The van der Waals surface area contributed by atoms with Gasteiger partial charge in [-0.1, -0.05) is 6.92 Å². The van der Waals surface area contributed by atoms with E-state index < -0.39 is 0 Å². The number of ether oxygens (including phenoxy) is 1. The molecule has 1 aliphatic rings. The molecule has 0 aliphatic carbocycles. The first-order valence-corrected chi connectivity index (χ1v) is 7.39. The normalized spacial score (nSPS) is 23.2. The number of amides is 1. The Kier molecular flexibility index (Phi) is 4.72. The molecule has 18 heavy (non-hydrogen) atoms. The van der Waals surface area contributed by atoms with Crippen molar-refractivity contribution in [3.05, 3.63) is 16.6 Å². The summed E-state index contributed by atoms with van der Waals surface area (Å²) in [6, 6.07) is 0. The van der Waals surface area contributed by atoms with Crippen LogP contribution in [-0.2, 0) is 16.0 Å². The van der Waals surface area contributed by atoms with Gasteiger partial charge in [0.1, 0.15) is 6.10 Å². The van der Waals surface area contributed by atoms with Crippen LogP contribution in [0, 0.1) is 5.92 Å². The highest BCUT2D eigenvalue weighted by Crippen LogP contribution is 2.22. The highest BCUT2D eigenvalue weighted by atomic mass is 32.1. The first kappa shape index (κ1) is 13.5. The fourth-order valence-corrected chi connectivity index (χ4v) is 2.83. The van der Waals surface area contributed by atoms with Gasteiger partial charge in [-0.3, -0.25) is 4.79 Å². The van der Waals surface area contributed by atoms with Crippen molar-refractivity contribution in [2.75, 3.05) is 19.7 Å². The minimum Gasteiger partial charge on any atom is -0.368 e. The molecular weight excluding hydrogens is 248 g/mol. The van der Waals surface area contributed by atoms with E-state index in [0.29, 0.717) is 12.5 Å². The monoisotopic (exact) mass is 268 g/mol. The first-order chi connectivity index (χ1) is 8.72. The Morgan fingerprint density at radius 2 is 2.50 bits per heavy atom. The molecule has 0 spiro atoms. The van der Waals surface area contributed by atoms with E-state index in [4.69, 9.17) is 4.74 Å². The lowest BCUT2D eigenvalue weighted by atomic mass is 10.0. The quantitative estimate of drug-likeness (QED) is 0.820. The summed E-state index contributed by atoms with van der Waals surface area (Å²) in [4.78, 5) is 18.5. The van der Waals surface area contributed by atoms with Crippen molar-refractivity contribution in [1.82, 2.24) is 9.88 Å². The SMILES string of the molecule is CCN(CCc1nccs1)C(=O)[C@@H]1OCC[C@H]1C. The summed E-state index contributed by atoms with van der Waals surface area (Å²) >= 11 is 1.64. The molecule has 1 amide bonds. The van der Waals surface area contributed by atoms with Gasteiger partial charge in [0.25, 0.3) is 5.91 Å². The van der Waals surface area contributed by atoms with E-state index in [9.17, 15) is 4.79 Å². The molecule has 1 aromatic heterocycles. The van der Waals surface area contributed by atoms with Gasteiger partial charge in [-0.15, -0.1) is 11.3 Å². The summed E-state index contributed by atoms with van der Waals surface area (Å²) in [5.74, 6) is 0.477. The van der Waals surface area contributed by atoms with Crippen LogP contribution in [0.5, 0.6) is 0 Å². The maximum absolute atomic E-state index is 12.3. The molecular formula is C13H20N2O2S. The van der Waals surface area contributed by atoms with E-state index >= 15 is 0 Å². The molecule has 2 atom stereocenters. The van der Waals surface area contributed by atoms with Crippen LogP contribution in [0.15, 0.2) is 11.6 Å². The number of nitrogens with zero attached hydrogens (tertiary/aromatic N) is 2. The topological polar surface area (TPSA) is 42.4 Å². The van der Waals surface area contributed by atoms with Crippen LogP contribution in [0.2, 0.25) is 0 Å². The molecule has 5 heteroatoms. The Morgan fingerprint density at radius 1 is 1.67 bits per heavy atom. The lowest BCUT2D eigenvalue weighted by molar-refractivity contribution is -0.142. The highest BCUT2D eigenvalue weighted by molar-refractivity contribution is 7.09. The van der Waals surface area contributed by atoms with Gasteiger partial charge in [0, 0.05) is 37.7 Å². The van der Waals surface area contributed by atoms with E-state index in [1.807, 2.05) is 17.2 Å². The summed E-state index contributed by atoms with van der Waals surface area (Å²) in [5, 5.41) is 3.05. The van der Waals surface area contributed by atoms with Crippen molar-refractivity contribution in [3.8, 4) is 0 Å². The van der Waals surface area contributed by atoms with Crippen molar-refractivity contribution in [2.24, 2.45) is 5.92 Å². The van der Waals surface area contributed by atoms with Crippen molar-refractivity contribution < 1.29 is 9.53 Å². The van der Waals surface area contributed by atoms with E-state index in [2.05, 4.69) is 11.9 Å². The number of hydrogen-bond acceptors (Lipinski definition) is 4. The van der Waals surface area contributed by atoms with Crippen molar-refractivity contribution in [3.63, 3.8) is 0 Å². The van der Waals surface area contributed by atoms with Gasteiger partial charge in [0.05, 0.1) is 5.01 Å². The fourth-order valence-electron chi connectivity index (χ4n) is 2.22. The molecule has 2 heterocycles. The standard InChI is InChI=1S/C13H20N2O2S/c1-3-15(7-4-11-14-6-9-18-11)13(16)12-10(2)5-8-17-12/h6,9-10,12H,3-5,7-8H2,1-2H3/t10-,12-/m1/s1. The Morgan fingerprint density at radius 3 is 3.06 bits per heavy atom. The smallest absolute Gasteiger partial charge is 0.251 e. The van der Waals surface area contributed by atoms with Crippen molar-refractivity contribution >= 4 is 17.2 Å². The third kappa shape index (κ3) is 3.09. The van der Waals surface area contributed by atoms with Crippen LogP contribution < -0.4 is 0 Å². The number of rotatable bonds is 5. The maximum atomic E-state index is 12.3. The zero-order valence-corrected chi connectivity index (χ0v) is 11.8. The summed E-state index contributed by atoms with van der Waals surface area (Å²) < 4.78 is 5.54. The number of carbonyl (C=O) groups is 1. The second-order valence-electron chi connectivity index (χ2n) is 4.65. The molecule has 0 bridgehead atoms. The van der Waals surface area contributed by atoms with Gasteiger partial charge in [0.2, 0.25) is 0 Å². The molecule has 1 fully saturated rings. The summed E-state index contributed by atoms with van der Waals surface area (Å²) in [6.45, 7) is 6.28. The molecule has 1 aliphatic heterocycles. The minimum absolute atomic E-state index is 0.138. The summed E-state index contributed by atoms with van der Waals surface area (Å²) in [6.07, 6.45) is 3.39. The van der Waals surface area contributed by atoms with Crippen molar-refractivity contribution in [1.29, 1.82) is 0 Å². The number of likely N-dealkylation sites (N-methyl/N-ethyl adjacent to an activating group) is 1. The Bertz CT molecular complexity index is 380. The molecule has 0 N–H and O–H groups in total. The van der Waals surface area contributed by atoms with Crippen LogP contribution >= 0.6 is 11.3 Å². The lowest BCUT2D eigenvalue weighted by Gasteiger charge is -2.25. The number of carbonyl (C=O) groups excluding carboxylic acids is 1. The molecule has 0 unspecified atom stereocenters. The molecule has 100 valence electrons. The lowest BCUT2D eigenvalue weighted by Crippen LogP contribution is -2.42. The van der Waals surface area contributed by atoms with Crippen LogP contribution in [0.1, 0.15) is 25.3 Å². The van der Waals surface area contributed by atoms with Crippen LogP contribution in [0.4, 0.5) is 0 Å². The predicted molar refractivity (Wildman–Crippen MR) is 71.6 cm³/mol. The van der Waals surface area contributed by atoms with Crippen molar-refractivity contribution in [2.45, 2.75) is 32.8 Å². The number of aromatic nitrogens is 1. The third-order valence-electron chi connectivity index (χ3n) is 3.40. The summed E-state index contributed by atoms with van der Waals surface area (Å²) in [5.41, 5.74) is 0. The van der Waals surface area contributed by atoms with Gasteiger partial charge in [-0.05, 0) is 19.3 Å². The molecule has 1 saturated heterocycles. The maximum Gasteiger partial charge on any atom is 0.251 e. The molecule has 2 rings (SSSR count). The highest BCUT2D eigenvalue weighted by Gasteiger charge is 2.33. The summed E-state index contributed by atoms with van der Waals surface area (Å²) in [7, 11) is 0. The number of hydrogen-bond donors (Lipinski definition) is 0. The van der Waals surface area contributed by atoms with Gasteiger partial charge >= 0.3 is 0 Å². The Hall–Kier alpha value is -0.940. The average Bonchev–Trinajstić information content (AvgIpc) is 3.00. The van der Waals surface area contributed by atoms with E-state index in [-0.39, 0.29) is 12.0 Å². The van der Waals surface area contributed by atoms with Gasteiger partial charge < -0.3 is 9.64 Å². The van der Waals surface area contributed by atoms with Crippen LogP contribution in [-0.4, -0.2) is 41.6 Å². The van der Waals surface area contributed by atoms with Gasteiger partial charge in [-0.2, -0.15) is 0 Å². The largest absolute Gasteiger partial charge is 0.368 e. The minimum atomic E-state index is -0.235. The Labute approximate surface area is 112 Å². The molecule has 0 saturated carbocycles. The van der Waals surface area contributed by atoms with Gasteiger partial charge in [0.15, 0.2) is 0 Å². The first-order valence-electron chi connectivity index (χ1n) is 6.51. The Balaban J connectivity index is 1.89. The zero-order chi connectivity index (χ0) is 13.0. The van der Waals surface area contributed by atoms with Crippen LogP contribution in [0.3, 0.4) is 0 Å².